The summed E-state index contributed by atoms with van der Waals surface area (Å²) >= 11 is 0. The largest absolute Gasteiger partial charge is 0.408 e. The van der Waals surface area contributed by atoms with Crippen molar-refractivity contribution in [3.63, 3.8) is 0 Å². The highest BCUT2D eigenvalue weighted by Crippen LogP contribution is 2.21. The minimum Gasteiger partial charge on any atom is -0.408 e. The second-order valence-corrected chi connectivity index (χ2v) is 6.76. The van der Waals surface area contributed by atoms with Crippen LogP contribution >= 0.6 is 0 Å². The first kappa shape index (κ1) is 15.4. The van der Waals surface area contributed by atoms with Crippen molar-refractivity contribution < 1.29 is 12.8 Å². The lowest BCUT2D eigenvalue weighted by atomic mass is 10.2. The number of rotatable bonds is 5. The molecule has 0 bridgehead atoms. The SMILES string of the molecule is Cc1cnc2c(S(=O)(=O)NCCc3nnc(N)o3)cccc2c1. The fraction of sp³-hybridized carbons (Fsp3) is 0.214. The van der Waals surface area contributed by atoms with E-state index in [-0.39, 0.29) is 29.8 Å². The number of para-hydroxylation sites is 1. The molecule has 3 rings (SSSR count). The van der Waals surface area contributed by atoms with Gasteiger partial charge in [0.25, 0.3) is 0 Å². The zero-order chi connectivity index (χ0) is 16.4. The molecular weight excluding hydrogens is 318 g/mol. The van der Waals surface area contributed by atoms with Crippen molar-refractivity contribution in [2.45, 2.75) is 18.2 Å². The van der Waals surface area contributed by atoms with Crippen molar-refractivity contribution in [3.05, 3.63) is 41.9 Å². The zero-order valence-corrected chi connectivity index (χ0v) is 13.2. The number of nitrogens with one attached hydrogen (secondary N) is 1. The van der Waals surface area contributed by atoms with Gasteiger partial charge in [0.15, 0.2) is 0 Å². The Balaban J connectivity index is 1.82. The lowest BCUT2D eigenvalue weighted by molar-refractivity contribution is 0.506. The molecule has 0 amide bonds. The Morgan fingerprint density at radius 3 is 2.87 bits per heavy atom. The topological polar surface area (TPSA) is 124 Å². The van der Waals surface area contributed by atoms with E-state index in [1.807, 2.05) is 19.1 Å². The van der Waals surface area contributed by atoms with Gasteiger partial charge in [-0.25, -0.2) is 13.1 Å². The van der Waals surface area contributed by atoms with Crippen molar-refractivity contribution in [2.24, 2.45) is 0 Å². The third kappa shape index (κ3) is 3.30. The van der Waals surface area contributed by atoms with Gasteiger partial charge in [0.05, 0.1) is 5.52 Å². The summed E-state index contributed by atoms with van der Waals surface area (Å²) in [6.07, 6.45) is 1.89. The van der Waals surface area contributed by atoms with Gasteiger partial charge in [-0.15, -0.1) is 5.10 Å². The monoisotopic (exact) mass is 333 g/mol. The molecular formula is C14H15N5O3S. The molecule has 9 heteroatoms. The molecule has 2 aromatic heterocycles. The highest BCUT2D eigenvalue weighted by atomic mass is 32.2. The van der Waals surface area contributed by atoms with Crippen LogP contribution < -0.4 is 10.5 Å². The molecule has 0 aliphatic rings. The van der Waals surface area contributed by atoms with Crippen molar-refractivity contribution in [1.82, 2.24) is 19.9 Å². The van der Waals surface area contributed by atoms with Gasteiger partial charge in [0, 0.05) is 24.5 Å². The van der Waals surface area contributed by atoms with E-state index in [0.717, 1.165) is 10.9 Å². The molecule has 0 spiro atoms. The average Bonchev–Trinajstić information content (AvgIpc) is 2.91. The predicted octanol–water partition coefficient (Wildman–Crippen LogP) is 1.03. The maximum absolute atomic E-state index is 12.5. The zero-order valence-electron chi connectivity index (χ0n) is 12.4. The standard InChI is InChI=1S/C14H15N5O3S/c1-9-7-10-3-2-4-11(13(10)16-8-9)23(20,21)17-6-5-12-18-19-14(15)22-12/h2-4,7-8,17H,5-6H2,1H3,(H2,15,19). The van der Waals surface area contributed by atoms with Gasteiger partial charge in [-0.05, 0) is 24.6 Å². The molecule has 0 fully saturated rings. The first-order chi connectivity index (χ1) is 11.0. The van der Waals surface area contributed by atoms with Crippen LogP contribution in [0.15, 0.2) is 39.8 Å². The van der Waals surface area contributed by atoms with Gasteiger partial charge in [-0.2, -0.15) is 0 Å². The molecule has 0 atom stereocenters. The fourth-order valence-corrected chi connectivity index (χ4v) is 3.41. The van der Waals surface area contributed by atoms with Crippen LogP contribution in [-0.2, 0) is 16.4 Å². The Kier molecular flexibility index (Phi) is 3.97. The molecule has 1 aromatic carbocycles. The number of nitrogen functional groups attached to an aromatic ring is 1. The van der Waals surface area contributed by atoms with Crippen LogP contribution in [0.5, 0.6) is 0 Å². The van der Waals surface area contributed by atoms with Crippen LogP contribution in [0, 0.1) is 6.92 Å². The normalized spacial score (nSPS) is 11.9. The lowest BCUT2D eigenvalue weighted by Gasteiger charge is -2.08. The number of hydrogen-bond acceptors (Lipinski definition) is 7. The third-order valence-corrected chi connectivity index (χ3v) is 4.71. The van der Waals surface area contributed by atoms with Crippen LogP contribution in [0.25, 0.3) is 10.9 Å². The number of hydrogen-bond donors (Lipinski definition) is 2. The van der Waals surface area contributed by atoms with Gasteiger partial charge in [0.2, 0.25) is 15.9 Å². The molecule has 0 aliphatic carbocycles. The number of nitrogens with two attached hydrogens (primary N) is 1. The maximum Gasteiger partial charge on any atom is 0.312 e. The van der Waals surface area contributed by atoms with Gasteiger partial charge in [-0.1, -0.05) is 17.2 Å². The molecule has 0 unspecified atom stereocenters. The van der Waals surface area contributed by atoms with Crippen LogP contribution in [0.4, 0.5) is 6.01 Å². The molecule has 0 saturated heterocycles. The number of nitrogens with zero attached hydrogens (tertiary/aromatic N) is 3. The molecule has 120 valence electrons. The summed E-state index contributed by atoms with van der Waals surface area (Å²) in [5.41, 5.74) is 6.72. The molecule has 3 N–H and O–H groups in total. The minimum atomic E-state index is -3.70. The number of benzene rings is 1. The van der Waals surface area contributed by atoms with Gasteiger partial charge < -0.3 is 10.2 Å². The van der Waals surface area contributed by atoms with Crippen LogP contribution in [0.2, 0.25) is 0 Å². The Morgan fingerprint density at radius 1 is 1.30 bits per heavy atom. The van der Waals surface area contributed by atoms with Gasteiger partial charge in [0.1, 0.15) is 4.90 Å². The van der Waals surface area contributed by atoms with Crippen LogP contribution in [0.1, 0.15) is 11.5 Å². The lowest BCUT2D eigenvalue weighted by Crippen LogP contribution is -2.26. The second kappa shape index (κ2) is 5.94. The summed E-state index contributed by atoms with van der Waals surface area (Å²) < 4.78 is 32.5. The summed E-state index contributed by atoms with van der Waals surface area (Å²) in [5, 5.41) is 7.97. The summed E-state index contributed by atoms with van der Waals surface area (Å²) in [6, 6.07) is 6.89. The van der Waals surface area contributed by atoms with Gasteiger partial charge >= 0.3 is 6.01 Å². The van der Waals surface area contributed by atoms with E-state index in [1.165, 1.54) is 6.07 Å². The number of aryl methyl sites for hydroxylation is 1. The van der Waals surface area contributed by atoms with Crippen LogP contribution in [-0.4, -0.2) is 30.1 Å². The maximum atomic E-state index is 12.5. The first-order valence-corrected chi connectivity index (χ1v) is 8.37. The number of pyridine rings is 1. The second-order valence-electron chi connectivity index (χ2n) is 5.02. The van der Waals surface area contributed by atoms with Crippen molar-refractivity contribution in [2.75, 3.05) is 12.3 Å². The molecule has 23 heavy (non-hydrogen) atoms. The van der Waals surface area contributed by atoms with E-state index in [0.29, 0.717) is 5.52 Å². The van der Waals surface area contributed by atoms with E-state index in [4.69, 9.17) is 10.2 Å². The Hall–Kier alpha value is -2.52. The smallest absolute Gasteiger partial charge is 0.312 e. The quantitative estimate of drug-likeness (QED) is 0.714. The van der Waals surface area contributed by atoms with Gasteiger partial charge in [-0.3, -0.25) is 4.98 Å². The summed E-state index contributed by atoms with van der Waals surface area (Å²) in [5.74, 6) is 0.275. The summed E-state index contributed by atoms with van der Waals surface area (Å²) in [6.45, 7) is 2.02. The summed E-state index contributed by atoms with van der Waals surface area (Å²) in [7, 11) is -3.70. The number of fused-ring (bicyclic) bond motifs is 1. The molecule has 0 radical (unpaired) electrons. The first-order valence-electron chi connectivity index (χ1n) is 6.88. The molecule has 2 heterocycles. The fourth-order valence-electron chi connectivity index (χ4n) is 2.20. The number of sulfonamides is 1. The number of anilines is 1. The highest BCUT2D eigenvalue weighted by Gasteiger charge is 2.18. The molecule has 0 aliphatic heterocycles. The Labute approximate surface area is 132 Å². The van der Waals surface area contributed by atoms with Crippen molar-refractivity contribution >= 4 is 26.9 Å². The van der Waals surface area contributed by atoms with E-state index in [2.05, 4.69) is 19.9 Å². The Morgan fingerprint density at radius 2 is 2.13 bits per heavy atom. The van der Waals surface area contributed by atoms with Crippen molar-refractivity contribution in [3.8, 4) is 0 Å². The van der Waals surface area contributed by atoms with E-state index in [9.17, 15) is 8.42 Å². The van der Waals surface area contributed by atoms with E-state index >= 15 is 0 Å². The molecule has 0 saturated carbocycles. The average molecular weight is 333 g/mol. The highest BCUT2D eigenvalue weighted by molar-refractivity contribution is 7.89. The molecule has 3 aromatic rings. The summed E-state index contributed by atoms with van der Waals surface area (Å²) in [4.78, 5) is 4.38. The van der Waals surface area contributed by atoms with Crippen molar-refractivity contribution in [1.29, 1.82) is 0 Å². The predicted molar refractivity (Wildman–Crippen MR) is 84.1 cm³/mol. The van der Waals surface area contributed by atoms with E-state index in [1.54, 1.807) is 12.3 Å². The molecule has 8 nitrogen and oxygen atoms in total. The van der Waals surface area contributed by atoms with Crippen LogP contribution in [0.3, 0.4) is 0 Å². The van der Waals surface area contributed by atoms with E-state index < -0.39 is 10.0 Å². The number of aromatic nitrogens is 3. The third-order valence-electron chi connectivity index (χ3n) is 3.21. The Bertz CT molecular complexity index is 952. The minimum absolute atomic E-state index is 0.0449.